The molecule has 6 heteroatoms. The molecular weight excluding hydrogens is 440 g/mol. The number of anilines is 1. The van der Waals surface area contributed by atoms with E-state index in [1.54, 1.807) is 6.07 Å². The molecule has 148 valence electrons. The fourth-order valence-electron chi connectivity index (χ4n) is 3.88. The van der Waals surface area contributed by atoms with Crippen molar-refractivity contribution in [2.75, 3.05) is 5.73 Å². The Kier molecular flexibility index (Phi) is 5.70. The molecule has 2 aromatic carbocycles. The molecular formula is C24H19BrN4O. The number of rotatable bonds is 4. The topological polar surface area (TPSA) is 95.7 Å². The second kappa shape index (κ2) is 8.57. The summed E-state index contributed by atoms with van der Waals surface area (Å²) in [6, 6.07) is 17.6. The van der Waals surface area contributed by atoms with Crippen molar-refractivity contribution in [2.24, 2.45) is 0 Å². The highest BCUT2D eigenvalue weighted by Crippen LogP contribution is 2.38. The molecule has 1 heterocycles. The van der Waals surface area contributed by atoms with E-state index in [4.69, 9.17) is 10.5 Å². The fraction of sp³-hybridized carbons (Fsp3) is 0.208. The Morgan fingerprint density at radius 2 is 1.87 bits per heavy atom. The summed E-state index contributed by atoms with van der Waals surface area (Å²) in [5.41, 5.74) is 11.9. The van der Waals surface area contributed by atoms with Gasteiger partial charge in [-0.15, -0.1) is 0 Å². The Balaban J connectivity index is 1.68. The summed E-state index contributed by atoms with van der Waals surface area (Å²) in [7, 11) is 0. The maximum absolute atomic E-state index is 9.71. The monoisotopic (exact) mass is 458 g/mol. The number of hydrogen-bond donors (Lipinski definition) is 1. The van der Waals surface area contributed by atoms with Crippen molar-refractivity contribution in [3.63, 3.8) is 0 Å². The van der Waals surface area contributed by atoms with Crippen molar-refractivity contribution in [2.45, 2.75) is 32.3 Å². The van der Waals surface area contributed by atoms with Crippen LogP contribution in [0.15, 0.2) is 46.9 Å². The summed E-state index contributed by atoms with van der Waals surface area (Å²) in [6.07, 6.45) is 3.95. The van der Waals surface area contributed by atoms with Crippen LogP contribution in [0.3, 0.4) is 0 Å². The van der Waals surface area contributed by atoms with E-state index in [2.05, 4.69) is 33.1 Å². The molecule has 3 aromatic rings. The number of ether oxygens (including phenoxy) is 1. The third kappa shape index (κ3) is 3.75. The summed E-state index contributed by atoms with van der Waals surface area (Å²) < 4.78 is 6.73. The summed E-state index contributed by atoms with van der Waals surface area (Å²) >= 11 is 3.59. The second-order valence-electron chi connectivity index (χ2n) is 7.19. The molecule has 0 radical (unpaired) electrons. The lowest BCUT2D eigenvalue weighted by Crippen LogP contribution is -2.11. The van der Waals surface area contributed by atoms with E-state index >= 15 is 0 Å². The fourth-order valence-corrected chi connectivity index (χ4v) is 4.37. The Hall–Kier alpha value is -3.35. The van der Waals surface area contributed by atoms with Gasteiger partial charge in [-0.1, -0.05) is 24.3 Å². The lowest BCUT2D eigenvalue weighted by molar-refractivity contribution is 0.304. The highest BCUT2D eigenvalue weighted by Gasteiger charge is 2.22. The van der Waals surface area contributed by atoms with E-state index in [1.165, 1.54) is 0 Å². The first-order valence-corrected chi connectivity index (χ1v) is 10.5. The van der Waals surface area contributed by atoms with E-state index in [9.17, 15) is 10.5 Å². The molecule has 0 atom stereocenters. The third-order valence-corrected chi connectivity index (χ3v) is 5.98. The highest BCUT2D eigenvalue weighted by atomic mass is 79.9. The van der Waals surface area contributed by atoms with Crippen molar-refractivity contribution < 1.29 is 4.74 Å². The van der Waals surface area contributed by atoms with E-state index in [0.29, 0.717) is 23.5 Å². The summed E-state index contributed by atoms with van der Waals surface area (Å²) in [5, 5.41) is 19.0. The van der Waals surface area contributed by atoms with Crippen LogP contribution in [0.2, 0.25) is 0 Å². The highest BCUT2D eigenvalue weighted by molar-refractivity contribution is 9.10. The molecule has 5 nitrogen and oxygen atoms in total. The minimum absolute atomic E-state index is 0.290. The molecule has 1 aromatic heterocycles. The number of aryl methyl sites for hydroxylation is 1. The number of benzene rings is 2. The molecule has 0 unspecified atom stereocenters. The first kappa shape index (κ1) is 19.9. The van der Waals surface area contributed by atoms with Gasteiger partial charge in [0, 0.05) is 16.8 Å². The van der Waals surface area contributed by atoms with Gasteiger partial charge in [0.15, 0.2) is 0 Å². The van der Waals surface area contributed by atoms with Crippen molar-refractivity contribution >= 4 is 21.7 Å². The molecule has 0 spiro atoms. The second-order valence-corrected chi connectivity index (χ2v) is 8.05. The van der Waals surface area contributed by atoms with Crippen LogP contribution in [0.25, 0.3) is 11.1 Å². The quantitative estimate of drug-likeness (QED) is 0.572. The first-order chi connectivity index (χ1) is 14.6. The minimum Gasteiger partial charge on any atom is -0.488 e. The zero-order chi connectivity index (χ0) is 21.1. The Morgan fingerprint density at radius 3 is 2.63 bits per heavy atom. The van der Waals surface area contributed by atoms with Crippen molar-refractivity contribution in [1.82, 2.24) is 4.98 Å². The average Bonchev–Trinajstić information content (AvgIpc) is 2.77. The number of aromatic nitrogens is 1. The van der Waals surface area contributed by atoms with Gasteiger partial charge in [0.25, 0.3) is 0 Å². The molecule has 0 amide bonds. The van der Waals surface area contributed by atoms with E-state index in [0.717, 1.165) is 58.1 Å². The molecule has 0 saturated heterocycles. The molecule has 0 fully saturated rings. The van der Waals surface area contributed by atoms with Crippen LogP contribution in [0, 0.1) is 22.7 Å². The predicted octanol–water partition coefficient (Wildman–Crippen LogP) is 5.29. The number of nitrogens with two attached hydrogens (primary N) is 1. The predicted molar refractivity (Wildman–Crippen MR) is 119 cm³/mol. The summed E-state index contributed by atoms with van der Waals surface area (Å²) in [5.74, 6) is 0.957. The van der Waals surface area contributed by atoms with Gasteiger partial charge in [-0.2, -0.15) is 10.5 Å². The minimum atomic E-state index is 0.290. The number of pyridine rings is 1. The van der Waals surface area contributed by atoms with Crippen LogP contribution in [0.4, 0.5) is 5.82 Å². The van der Waals surface area contributed by atoms with Crippen molar-refractivity contribution in [3.05, 3.63) is 74.9 Å². The third-order valence-electron chi connectivity index (χ3n) is 5.36. The normalized spacial score (nSPS) is 12.5. The smallest absolute Gasteiger partial charge is 0.142 e. The summed E-state index contributed by atoms with van der Waals surface area (Å²) in [4.78, 5) is 4.48. The molecule has 1 aliphatic rings. The van der Waals surface area contributed by atoms with Gasteiger partial charge in [0.05, 0.1) is 16.1 Å². The van der Waals surface area contributed by atoms with Crippen LogP contribution in [-0.4, -0.2) is 4.98 Å². The van der Waals surface area contributed by atoms with Gasteiger partial charge < -0.3 is 10.5 Å². The van der Waals surface area contributed by atoms with E-state index in [-0.39, 0.29) is 5.82 Å². The van der Waals surface area contributed by atoms with Gasteiger partial charge in [0.1, 0.15) is 29.8 Å². The van der Waals surface area contributed by atoms with Gasteiger partial charge >= 0.3 is 0 Å². The van der Waals surface area contributed by atoms with E-state index < -0.39 is 0 Å². The summed E-state index contributed by atoms with van der Waals surface area (Å²) in [6.45, 7) is 0.294. The number of fused-ring (bicyclic) bond motifs is 1. The van der Waals surface area contributed by atoms with Crippen LogP contribution in [-0.2, 0) is 19.4 Å². The number of nitrogen functional groups attached to an aromatic ring is 1. The van der Waals surface area contributed by atoms with Crippen molar-refractivity contribution in [1.29, 1.82) is 10.5 Å². The maximum atomic E-state index is 9.71. The molecule has 0 saturated carbocycles. The number of halogens is 1. The van der Waals surface area contributed by atoms with Gasteiger partial charge in [0.2, 0.25) is 0 Å². The SMILES string of the molecule is N#Cc1ccccc1COc1ccc(-c2c(C#N)c(N)nc3c2CCCC3)cc1Br. The van der Waals surface area contributed by atoms with Crippen LogP contribution in [0.1, 0.15) is 40.8 Å². The Labute approximate surface area is 183 Å². The largest absolute Gasteiger partial charge is 0.488 e. The lowest BCUT2D eigenvalue weighted by Gasteiger charge is -2.21. The van der Waals surface area contributed by atoms with Gasteiger partial charge in [-0.05, 0) is 70.9 Å². The Bertz CT molecular complexity index is 1210. The van der Waals surface area contributed by atoms with Gasteiger partial charge in [-0.3, -0.25) is 0 Å². The molecule has 0 bridgehead atoms. The van der Waals surface area contributed by atoms with E-state index in [1.807, 2.05) is 36.4 Å². The molecule has 2 N–H and O–H groups in total. The number of nitriles is 2. The molecule has 0 aliphatic heterocycles. The number of nitrogens with zero attached hydrogens (tertiary/aromatic N) is 3. The van der Waals surface area contributed by atoms with Gasteiger partial charge in [-0.25, -0.2) is 4.98 Å². The molecule has 4 rings (SSSR count). The Morgan fingerprint density at radius 1 is 1.07 bits per heavy atom. The molecule has 1 aliphatic carbocycles. The standard InChI is InChI=1S/C24H19BrN4O/c25-20-11-15(9-10-22(20)30-14-17-6-2-1-5-16(17)12-26)23-18-7-3-4-8-21(18)29-24(28)19(23)13-27/h1-2,5-6,9-11H,3-4,7-8,14H2,(H2,28,29). The number of hydrogen-bond acceptors (Lipinski definition) is 5. The first-order valence-electron chi connectivity index (χ1n) is 9.74. The van der Waals surface area contributed by atoms with Crippen molar-refractivity contribution in [3.8, 4) is 29.0 Å². The lowest BCUT2D eigenvalue weighted by atomic mass is 9.86. The maximum Gasteiger partial charge on any atom is 0.142 e. The zero-order valence-corrected chi connectivity index (χ0v) is 17.9. The molecule has 30 heavy (non-hydrogen) atoms. The zero-order valence-electron chi connectivity index (χ0n) is 16.3. The average molecular weight is 459 g/mol. The van der Waals surface area contributed by atoms with Crippen LogP contribution >= 0.6 is 15.9 Å². The van der Waals surface area contributed by atoms with Crippen LogP contribution < -0.4 is 10.5 Å². The van der Waals surface area contributed by atoms with Crippen LogP contribution in [0.5, 0.6) is 5.75 Å².